The summed E-state index contributed by atoms with van der Waals surface area (Å²) in [6, 6.07) is 1.63. The van der Waals surface area contributed by atoms with Gasteiger partial charge in [0.25, 0.3) is 0 Å². The summed E-state index contributed by atoms with van der Waals surface area (Å²) in [4.78, 5) is 10.7. The van der Waals surface area contributed by atoms with Crippen LogP contribution in [-0.4, -0.2) is 12.8 Å². The van der Waals surface area contributed by atoms with Crippen LogP contribution < -0.4 is 4.52 Å². The second-order valence-electron chi connectivity index (χ2n) is 2.96. The minimum atomic E-state index is -4.92. The standard InChI is InChI=1S/C9H6F4O4P/c1-16-8(14)18(15)17-5-2-3-7(10)6(4-5)9(11,12)13/h2-4H,1H3/q+1. The zero-order valence-electron chi connectivity index (χ0n) is 8.82. The highest BCUT2D eigenvalue weighted by atomic mass is 31.1. The van der Waals surface area contributed by atoms with Crippen LogP contribution in [0, 0.1) is 5.82 Å². The second-order valence-corrected chi connectivity index (χ2v) is 4.02. The summed E-state index contributed by atoms with van der Waals surface area (Å²) in [6.07, 6.45) is -4.92. The van der Waals surface area contributed by atoms with E-state index in [0.717, 1.165) is 13.2 Å². The van der Waals surface area contributed by atoms with Crippen molar-refractivity contribution in [3.8, 4) is 5.75 Å². The first-order chi connectivity index (χ1) is 8.25. The molecule has 1 rings (SSSR count). The van der Waals surface area contributed by atoms with Crippen LogP contribution >= 0.6 is 8.03 Å². The fourth-order valence-electron chi connectivity index (χ4n) is 0.986. The largest absolute Gasteiger partial charge is 0.684 e. The molecular formula is C9H6F4O4P+. The van der Waals surface area contributed by atoms with Gasteiger partial charge in [-0.3, -0.25) is 0 Å². The maximum Gasteiger partial charge on any atom is 0.684 e. The van der Waals surface area contributed by atoms with Crippen LogP contribution in [0.5, 0.6) is 5.75 Å². The van der Waals surface area contributed by atoms with Gasteiger partial charge in [0, 0.05) is 6.07 Å². The fraction of sp³-hybridized carbons (Fsp3) is 0.222. The average Bonchev–Trinajstić information content (AvgIpc) is 2.29. The van der Waals surface area contributed by atoms with Crippen LogP contribution in [0.15, 0.2) is 18.2 Å². The summed E-state index contributed by atoms with van der Waals surface area (Å²) in [5, 5.41) is 0. The van der Waals surface area contributed by atoms with Crippen molar-refractivity contribution in [1.29, 1.82) is 0 Å². The third-order valence-electron chi connectivity index (χ3n) is 1.76. The molecule has 1 aromatic carbocycles. The summed E-state index contributed by atoms with van der Waals surface area (Å²) in [6.45, 7) is 0. The van der Waals surface area contributed by atoms with Gasteiger partial charge in [0.1, 0.15) is 5.82 Å². The van der Waals surface area contributed by atoms with Crippen LogP contribution in [0.4, 0.5) is 22.4 Å². The zero-order chi connectivity index (χ0) is 13.9. The average molecular weight is 285 g/mol. The Balaban J connectivity index is 3.00. The lowest BCUT2D eigenvalue weighted by Gasteiger charge is -2.07. The molecular weight excluding hydrogens is 279 g/mol. The van der Waals surface area contributed by atoms with Crippen molar-refractivity contribution in [1.82, 2.24) is 0 Å². The lowest BCUT2D eigenvalue weighted by atomic mass is 10.2. The topological polar surface area (TPSA) is 52.6 Å². The first-order valence-corrected chi connectivity index (χ1v) is 5.53. The first kappa shape index (κ1) is 14.4. The monoisotopic (exact) mass is 285 g/mol. The lowest BCUT2D eigenvalue weighted by Crippen LogP contribution is -2.08. The van der Waals surface area contributed by atoms with E-state index in [1.165, 1.54) is 0 Å². The molecule has 0 bridgehead atoms. The van der Waals surface area contributed by atoms with Gasteiger partial charge in [0.15, 0.2) is 5.75 Å². The Morgan fingerprint density at radius 3 is 2.44 bits per heavy atom. The maximum absolute atomic E-state index is 12.9. The van der Waals surface area contributed by atoms with E-state index < -0.39 is 37.0 Å². The molecule has 0 amide bonds. The highest BCUT2D eigenvalue weighted by Crippen LogP contribution is 2.36. The van der Waals surface area contributed by atoms with Crippen LogP contribution in [0.1, 0.15) is 5.56 Å². The minimum Gasteiger partial charge on any atom is -0.428 e. The number of rotatable bonds is 3. The molecule has 0 aromatic heterocycles. The van der Waals surface area contributed by atoms with Crippen LogP contribution in [0.25, 0.3) is 0 Å². The normalized spacial score (nSPS) is 11.9. The third-order valence-corrected chi connectivity index (χ3v) is 2.61. The molecule has 0 spiro atoms. The molecule has 0 fully saturated rings. The van der Waals surface area contributed by atoms with Crippen LogP contribution in [0.2, 0.25) is 0 Å². The Hall–Kier alpha value is -1.69. The number of alkyl halides is 3. The molecule has 0 aliphatic carbocycles. The molecule has 98 valence electrons. The van der Waals surface area contributed by atoms with Gasteiger partial charge in [-0.2, -0.15) is 18.0 Å². The highest BCUT2D eigenvalue weighted by molar-refractivity contribution is 7.58. The van der Waals surface area contributed by atoms with E-state index in [0.29, 0.717) is 12.1 Å². The van der Waals surface area contributed by atoms with Gasteiger partial charge in [-0.15, -0.1) is 0 Å². The number of ether oxygens (including phenoxy) is 1. The van der Waals surface area contributed by atoms with Crippen molar-refractivity contribution in [2.24, 2.45) is 0 Å². The Kier molecular flexibility index (Phi) is 4.24. The van der Waals surface area contributed by atoms with Gasteiger partial charge in [-0.1, -0.05) is 0 Å². The number of carbonyl (C=O) groups excluding carboxylic acids is 1. The molecule has 0 aliphatic heterocycles. The number of benzene rings is 1. The first-order valence-electron chi connectivity index (χ1n) is 4.35. The van der Waals surface area contributed by atoms with E-state index in [1.54, 1.807) is 0 Å². The quantitative estimate of drug-likeness (QED) is 0.627. The van der Waals surface area contributed by atoms with Crippen molar-refractivity contribution < 1.29 is 36.2 Å². The molecule has 1 atom stereocenters. The van der Waals surface area contributed by atoms with Crippen molar-refractivity contribution in [3.63, 3.8) is 0 Å². The number of halogens is 4. The van der Waals surface area contributed by atoms with E-state index in [9.17, 15) is 26.9 Å². The molecule has 18 heavy (non-hydrogen) atoms. The molecule has 9 heteroatoms. The van der Waals surface area contributed by atoms with E-state index in [2.05, 4.69) is 9.26 Å². The summed E-state index contributed by atoms with van der Waals surface area (Å²) in [5.41, 5.74) is -2.81. The molecule has 0 aliphatic rings. The SMILES string of the molecule is COC(=O)[P+](=O)Oc1ccc(F)c(C(F)(F)F)c1. The Labute approximate surface area is 99.4 Å². The van der Waals surface area contributed by atoms with E-state index in [-0.39, 0.29) is 0 Å². The molecule has 0 saturated heterocycles. The Morgan fingerprint density at radius 1 is 1.33 bits per heavy atom. The van der Waals surface area contributed by atoms with Crippen molar-refractivity contribution in [3.05, 3.63) is 29.6 Å². The third kappa shape index (κ3) is 3.40. The van der Waals surface area contributed by atoms with E-state index >= 15 is 0 Å². The minimum absolute atomic E-state index is 0.311. The smallest absolute Gasteiger partial charge is 0.428 e. The molecule has 0 N–H and O–H groups in total. The van der Waals surface area contributed by atoms with Gasteiger partial charge in [-0.25, -0.2) is 8.91 Å². The molecule has 1 aromatic rings. The second kappa shape index (κ2) is 5.30. The number of hydrogen-bond donors (Lipinski definition) is 0. The lowest BCUT2D eigenvalue weighted by molar-refractivity contribution is -0.140. The molecule has 0 radical (unpaired) electrons. The predicted molar refractivity (Wildman–Crippen MR) is 52.0 cm³/mol. The molecule has 1 unspecified atom stereocenters. The van der Waals surface area contributed by atoms with Crippen molar-refractivity contribution in [2.75, 3.05) is 7.11 Å². The van der Waals surface area contributed by atoms with Crippen molar-refractivity contribution >= 4 is 13.7 Å². The summed E-state index contributed by atoms with van der Waals surface area (Å²) < 4.78 is 69.4. The summed E-state index contributed by atoms with van der Waals surface area (Å²) in [5.74, 6) is -2.04. The van der Waals surface area contributed by atoms with Gasteiger partial charge < -0.3 is 4.74 Å². The number of carbonyl (C=O) groups is 1. The van der Waals surface area contributed by atoms with Gasteiger partial charge >= 0.3 is 19.9 Å². The zero-order valence-corrected chi connectivity index (χ0v) is 9.72. The maximum atomic E-state index is 12.9. The Morgan fingerprint density at radius 2 is 1.94 bits per heavy atom. The highest BCUT2D eigenvalue weighted by Gasteiger charge is 2.38. The van der Waals surface area contributed by atoms with Crippen LogP contribution in [0.3, 0.4) is 0 Å². The molecule has 0 heterocycles. The molecule has 4 nitrogen and oxygen atoms in total. The fourth-order valence-corrected chi connectivity index (χ4v) is 1.51. The van der Waals surface area contributed by atoms with Gasteiger partial charge in [0.2, 0.25) is 0 Å². The summed E-state index contributed by atoms with van der Waals surface area (Å²) >= 11 is 0. The van der Waals surface area contributed by atoms with Crippen LogP contribution in [-0.2, 0) is 15.5 Å². The molecule has 0 saturated carbocycles. The Bertz CT molecular complexity index is 486. The summed E-state index contributed by atoms with van der Waals surface area (Å²) in [7, 11) is -2.04. The van der Waals surface area contributed by atoms with Gasteiger partial charge in [-0.05, 0) is 16.7 Å². The number of hydrogen-bond acceptors (Lipinski definition) is 4. The van der Waals surface area contributed by atoms with Crippen molar-refractivity contribution in [2.45, 2.75) is 6.18 Å². The number of methoxy groups -OCH3 is 1. The van der Waals surface area contributed by atoms with E-state index in [4.69, 9.17) is 0 Å². The van der Waals surface area contributed by atoms with Gasteiger partial charge in [0.05, 0.1) is 12.7 Å². The van der Waals surface area contributed by atoms with E-state index in [1.807, 2.05) is 0 Å². The predicted octanol–water partition coefficient (Wildman–Crippen LogP) is 3.73.